The van der Waals surface area contributed by atoms with Gasteiger partial charge in [-0.3, -0.25) is 14.5 Å². The Hall–Kier alpha value is -3.56. The van der Waals surface area contributed by atoms with E-state index in [2.05, 4.69) is 41.4 Å². The molecule has 1 amide bonds. The molecule has 2 aliphatic rings. The summed E-state index contributed by atoms with van der Waals surface area (Å²) in [4.78, 5) is 26.8. The van der Waals surface area contributed by atoms with E-state index in [4.69, 9.17) is 14.2 Å². The number of ether oxygens (including phenoxy) is 3. The number of nitrogens with zero attached hydrogens (tertiary/aromatic N) is 1. The number of esters is 1. The van der Waals surface area contributed by atoms with Crippen LogP contribution >= 0.6 is 0 Å². The normalized spacial score (nSPS) is 23.9. The van der Waals surface area contributed by atoms with Crippen molar-refractivity contribution in [2.75, 3.05) is 13.1 Å². The van der Waals surface area contributed by atoms with Gasteiger partial charge in [-0.2, -0.15) is 0 Å². The molecule has 0 aromatic heterocycles. The Morgan fingerprint density at radius 3 is 2.36 bits per heavy atom. The van der Waals surface area contributed by atoms with Crippen LogP contribution in [0.1, 0.15) is 82.1 Å². The number of benzene rings is 3. The van der Waals surface area contributed by atoms with Gasteiger partial charge in [-0.15, -0.1) is 0 Å². The summed E-state index contributed by atoms with van der Waals surface area (Å²) in [5.74, 6) is -0.250. The molecule has 45 heavy (non-hydrogen) atoms. The molecule has 2 saturated heterocycles. The van der Waals surface area contributed by atoms with Gasteiger partial charge >= 0.3 is 5.97 Å². The van der Waals surface area contributed by atoms with Gasteiger partial charge in [0.1, 0.15) is 11.6 Å². The molecule has 0 saturated carbocycles. The molecular formula is C37H46N2O6. The lowest BCUT2D eigenvalue weighted by atomic mass is 9.89. The molecule has 8 heteroatoms. The van der Waals surface area contributed by atoms with Crippen LogP contribution in [0, 0.1) is 5.92 Å². The van der Waals surface area contributed by atoms with Crippen LogP contribution in [0.3, 0.4) is 0 Å². The first-order valence-electron chi connectivity index (χ1n) is 15.9. The second-order valence-corrected chi connectivity index (χ2v) is 13.2. The number of likely N-dealkylation sites (tertiary alicyclic amines) is 1. The average molecular weight is 615 g/mol. The Morgan fingerprint density at radius 2 is 1.67 bits per heavy atom. The fourth-order valence-electron chi connectivity index (χ4n) is 6.19. The highest BCUT2D eigenvalue weighted by atomic mass is 16.7. The van der Waals surface area contributed by atoms with E-state index in [0.717, 1.165) is 52.8 Å². The standard InChI is InChI=1S/C37H46N2O6/c1-24-33(22-39-18-8-13-32(39)35(42)45-37(3,4)5)43-36(44-34(24)28-16-14-26(23-40)15-17-28)31-12-7-11-30(20-31)29-10-6-9-27(19-29)21-38-25(2)41/h6-7,9-12,14-17,19-20,24,32-34,36,40H,8,13,18,21-23H2,1-5H3,(H,38,41)/t24-,32+,33+,34+,36+/m1/s1. The third-order valence-electron chi connectivity index (χ3n) is 8.54. The molecule has 240 valence electrons. The van der Waals surface area contributed by atoms with Gasteiger partial charge in [-0.25, -0.2) is 0 Å². The van der Waals surface area contributed by atoms with E-state index in [9.17, 15) is 14.7 Å². The minimum absolute atomic E-state index is 0.00486. The first-order valence-corrected chi connectivity index (χ1v) is 15.9. The van der Waals surface area contributed by atoms with Crippen LogP contribution in [0.15, 0.2) is 72.8 Å². The Balaban J connectivity index is 1.42. The molecule has 0 unspecified atom stereocenters. The van der Waals surface area contributed by atoms with Crippen molar-refractivity contribution in [2.45, 2.75) is 90.8 Å². The van der Waals surface area contributed by atoms with Crippen molar-refractivity contribution >= 4 is 11.9 Å². The van der Waals surface area contributed by atoms with Gasteiger partial charge in [-0.05, 0) is 80.1 Å². The van der Waals surface area contributed by atoms with Crippen LogP contribution in [-0.4, -0.2) is 52.7 Å². The fourth-order valence-corrected chi connectivity index (χ4v) is 6.19. The summed E-state index contributed by atoms with van der Waals surface area (Å²) in [5, 5.41) is 12.5. The third kappa shape index (κ3) is 8.38. The molecule has 2 N–H and O–H groups in total. The van der Waals surface area contributed by atoms with Gasteiger partial charge in [0, 0.05) is 31.5 Å². The van der Waals surface area contributed by atoms with Gasteiger partial charge in [0.25, 0.3) is 0 Å². The van der Waals surface area contributed by atoms with Crippen molar-refractivity contribution in [1.29, 1.82) is 0 Å². The number of aliphatic hydroxyl groups excluding tert-OH is 1. The molecule has 0 radical (unpaired) electrons. The molecule has 0 bridgehead atoms. The molecule has 0 spiro atoms. The van der Waals surface area contributed by atoms with Crippen molar-refractivity contribution in [3.8, 4) is 11.1 Å². The van der Waals surface area contributed by atoms with Gasteiger partial charge in [0.05, 0.1) is 18.8 Å². The van der Waals surface area contributed by atoms with Crippen LogP contribution < -0.4 is 5.32 Å². The number of carbonyl (C=O) groups excluding carboxylic acids is 2. The second kappa shape index (κ2) is 14.3. The Labute approximate surface area is 266 Å². The molecule has 0 aliphatic carbocycles. The van der Waals surface area contributed by atoms with Crippen LogP contribution in [-0.2, 0) is 37.0 Å². The van der Waals surface area contributed by atoms with Crippen LogP contribution in [0.5, 0.6) is 0 Å². The zero-order valence-electron chi connectivity index (χ0n) is 27.0. The SMILES string of the molecule is CC(=O)NCc1cccc(-c2cccc([C@H]3O[C@@H](CN4CCC[C@H]4C(=O)OC(C)(C)C)[C@@H](C)[C@@H](c4ccc(CO)cc4)O3)c2)c1. The summed E-state index contributed by atoms with van der Waals surface area (Å²) in [7, 11) is 0. The van der Waals surface area contributed by atoms with E-state index in [-0.39, 0.29) is 42.7 Å². The van der Waals surface area contributed by atoms with Gasteiger partial charge in [0.15, 0.2) is 6.29 Å². The maximum Gasteiger partial charge on any atom is 0.323 e. The molecule has 2 aliphatic heterocycles. The molecular weight excluding hydrogens is 568 g/mol. The minimum atomic E-state index is -0.626. The number of amides is 1. The monoisotopic (exact) mass is 614 g/mol. The van der Waals surface area contributed by atoms with Gasteiger partial charge in [-0.1, -0.05) is 67.6 Å². The molecule has 5 rings (SSSR count). The number of hydrogen-bond acceptors (Lipinski definition) is 7. The molecule has 3 aromatic carbocycles. The summed E-state index contributed by atoms with van der Waals surface area (Å²) in [6.45, 7) is 11.2. The van der Waals surface area contributed by atoms with E-state index >= 15 is 0 Å². The zero-order chi connectivity index (χ0) is 32.1. The van der Waals surface area contributed by atoms with Crippen molar-refractivity contribution in [2.24, 2.45) is 5.92 Å². The lowest BCUT2D eigenvalue weighted by Crippen LogP contribution is -2.48. The quantitative estimate of drug-likeness (QED) is 0.282. The van der Waals surface area contributed by atoms with E-state index in [1.54, 1.807) is 0 Å². The maximum atomic E-state index is 13.1. The average Bonchev–Trinajstić information content (AvgIpc) is 3.49. The third-order valence-corrected chi connectivity index (χ3v) is 8.54. The summed E-state index contributed by atoms with van der Waals surface area (Å²) in [5.41, 5.74) is 5.30. The molecule has 3 aromatic rings. The molecule has 5 atom stereocenters. The fraction of sp³-hybridized carbons (Fsp3) is 0.459. The predicted molar refractivity (Wildman–Crippen MR) is 173 cm³/mol. The first-order chi connectivity index (χ1) is 21.5. The number of hydrogen-bond donors (Lipinski definition) is 2. The minimum Gasteiger partial charge on any atom is -0.459 e. The largest absolute Gasteiger partial charge is 0.459 e. The smallest absolute Gasteiger partial charge is 0.323 e. The zero-order valence-corrected chi connectivity index (χ0v) is 27.0. The van der Waals surface area contributed by atoms with Gasteiger partial charge in [0.2, 0.25) is 5.91 Å². The molecule has 8 nitrogen and oxygen atoms in total. The van der Waals surface area contributed by atoms with Crippen LogP contribution in [0.25, 0.3) is 11.1 Å². The summed E-state index contributed by atoms with van der Waals surface area (Å²) in [6, 6.07) is 23.9. The van der Waals surface area contributed by atoms with Crippen molar-refractivity contribution in [1.82, 2.24) is 10.2 Å². The lowest BCUT2D eigenvalue weighted by Gasteiger charge is -2.43. The number of rotatable bonds is 9. The van der Waals surface area contributed by atoms with E-state index in [1.165, 1.54) is 6.92 Å². The Morgan fingerprint density at radius 1 is 0.956 bits per heavy atom. The van der Waals surface area contributed by atoms with E-state index in [1.807, 2.05) is 69.3 Å². The Kier molecular flexibility index (Phi) is 10.4. The van der Waals surface area contributed by atoms with Crippen molar-refractivity contribution in [3.05, 3.63) is 95.1 Å². The topological polar surface area (TPSA) is 97.3 Å². The van der Waals surface area contributed by atoms with E-state index in [0.29, 0.717) is 13.1 Å². The Bertz CT molecular complexity index is 1470. The first kappa shape index (κ1) is 32.8. The van der Waals surface area contributed by atoms with Crippen LogP contribution in [0.2, 0.25) is 0 Å². The predicted octanol–water partition coefficient (Wildman–Crippen LogP) is 6.08. The number of aliphatic hydroxyl groups is 1. The second-order valence-electron chi connectivity index (χ2n) is 13.2. The number of carbonyl (C=O) groups is 2. The summed E-state index contributed by atoms with van der Waals surface area (Å²) >= 11 is 0. The van der Waals surface area contributed by atoms with E-state index < -0.39 is 11.9 Å². The highest BCUT2D eigenvalue weighted by Gasteiger charge is 2.42. The summed E-state index contributed by atoms with van der Waals surface area (Å²) in [6.07, 6.45) is 0.608. The highest BCUT2D eigenvalue weighted by molar-refractivity contribution is 5.76. The summed E-state index contributed by atoms with van der Waals surface area (Å²) < 4.78 is 19.2. The molecule has 2 fully saturated rings. The van der Waals surface area contributed by atoms with Crippen molar-refractivity contribution < 1.29 is 28.9 Å². The van der Waals surface area contributed by atoms with Crippen molar-refractivity contribution in [3.63, 3.8) is 0 Å². The lowest BCUT2D eigenvalue weighted by molar-refractivity contribution is -0.276. The highest BCUT2D eigenvalue weighted by Crippen LogP contribution is 2.43. The van der Waals surface area contributed by atoms with Crippen LogP contribution in [0.4, 0.5) is 0 Å². The molecule has 2 heterocycles. The van der Waals surface area contributed by atoms with Gasteiger partial charge < -0.3 is 24.6 Å². The number of nitrogens with one attached hydrogen (secondary N) is 1. The maximum absolute atomic E-state index is 13.1.